The van der Waals surface area contributed by atoms with Crippen LogP contribution in [0.3, 0.4) is 0 Å². The zero-order chi connectivity index (χ0) is 28.5. The summed E-state index contributed by atoms with van der Waals surface area (Å²) in [7, 11) is 0. The summed E-state index contributed by atoms with van der Waals surface area (Å²) in [6, 6.07) is 9.95. The van der Waals surface area contributed by atoms with Gasteiger partial charge in [0.2, 0.25) is 11.8 Å². The smallest absolute Gasteiger partial charge is 0.335 e. The molecule has 2 saturated heterocycles. The minimum Gasteiger partial charge on any atom is -0.478 e. The van der Waals surface area contributed by atoms with E-state index in [-0.39, 0.29) is 35.0 Å². The second-order valence-electron chi connectivity index (χ2n) is 10.6. The lowest BCUT2D eigenvalue weighted by Gasteiger charge is -2.45. The average Bonchev–Trinajstić information content (AvgIpc) is 3.15. The van der Waals surface area contributed by atoms with Crippen LogP contribution in [0.5, 0.6) is 0 Å². The number of aryl methyl sites for hydroxylation is 1. The Morgan fingerprint density at radius 1 is 1.13 bits per heavy atom. The van der Waals surface area contributed by atoms with Crippen molar-refractivity contribution in [3.8, 4) is 0 Å². The van der Waals surface area contributed by atoms with Crippen molar-refractivity contribution in [2.75, 3.05) is 18.0 Å². The third kappa shape index (κ3) is 5.32. The molecule has 0 bridgehead atoms. The molecule has 0 saturated carbocycles. The molecule has 2 unspecified atom stereocenters. The second kappa shape index (κ2) is 11.0. The summed E-state index contributed by atoms with van der Waals surface area (Å²) in [5, 5.41) is 15.0. The zero-order valence-corrected chi connectivity index (χ0v) is 22.7. The van der Waals surface area contributed by atoms with Crippen LogP contribution in [-0.4, -0.2) is 64.5 Å². The van der Waals surface area contributed by atoms with Crippen LogP contribution in [0.1, 0.15) is 66.8 Å². The number of nitrogens with zero attached hydrogens (tertiary/aromatic N) is 2. The van der Waals surface area contributed by atoms with Crippen molar-refractivity contribution in [3.05, 3.63) is 65.0 Å². The molecule has 9 nitrogen and oxygen atoms in total. The van der Waals surface area contributed by atoms with Crippen LogP contribution in [-0.2, 0) is 16.0 Å². The minimum atomic E-state index is -1.03. The fraction of sp³-hybridized carbons (Fsp3) is 0.448. The Labute approximate surface area is 227 Å². The van der Waals surface area contributed by atoms with Crippen LogP contribution < -0.4 is 15.5 Å². The van der Waals surface area contributed by atoms with Gasteiger partial charge in [-0.15, -0.1) is 0 Å². The number of piperidine rings is 1. The summed E-state index contributed by atoms with van der Waals surface area (Å²) >= 11 is 0. The molecule has 2 aromatic rings. The number of hydrogen-bond donors (Lipinski definition) is 3. The molecule has 0 aliphatic carbocycles. The predicted molar refractivity (Wildman–Crippen MR) is 144 cm³/mol. The van der Waals surface area contributed by atoms with Crippen molar-refractivity contribution >= 4 is 29.4 Å². The van der Waals surface area contributed by atoms with Gasteiger partial charge in [0, 0.05) is 18.8 Å². The number of benzene rings is 2. The van der Waals surface area contributed by atoms with E-state index in [1.54, 1.807) is 23.1 Å². The van der Waals surface area contributed by atoms with Crippen molar-refractivity contribution in [1.82, 2.24) is 15.5 Å². The fourth-order valence-corrected chi connectivity index (χ4v) is 5.56. The molecule has 39 heavy (non-hydrogen) atoms. The lowest BCUT2D eigenvalue weighted by Crippen LogP contribution is -2.60. The first-order chi connectivity index (χ1) is 18.5. The molecule has 2 aliphatic rings. The maximum absolute atomic E-state index is 14.4. The normalized spacial score (nSPS) is 19.2. The van der Waals surface area contributed by atoms with Gasteiger partial charge in [-0.1, -0.05) is 26.8 Å². The van der Waals surface area contributed by atoms with E-state index in [4.69, 9.17) is 0 Å². The topological polar surface area (TPSA) is 119 Å². The predicted octanol–water partition coefficient (Wildman–Crippen LogP) is 3.18. The molecular weight excluding hydrogens is 503 g/mol. The number of amides is 3. The van der Waals surface area contributed by atoms with Gasteiger partial charge in [0.05, 0.1) is 17.3 Å². The molecule has 4 rings (SSSR count). The van der Waals surface area contributed by atoms with Crippen molar-refractivity contribution in [2.45, 2.75) is 64.7 Å². The number of rotatable bonds is 7. The van der Waals surface area contributed by atoms with E-state index >= 15 is 0 Å². The van der Waals surface area contributed by atoms with Crippen molar-refractivity contribution in [2.24, 2.45) is 5.92 Å². The maximum Gasteiger partial charge on any atom is 0.335 e. The van der Waals surface area contributed by atoms with E-state index in [9.17, 15) is 28.7 Å². The van der Waals surface area contributed by atoms with Crippen LogP contribution in [0.15, 0.2) is 42.5 Å². The molecule has 10 heteroatoms. The first kappa shape index (κ1) is 28.1. The zero-order valence-electron chi connectivity index (χ0n) is 22.7. The standard InChI is InChI=1S/C29H35FN4O5/c1-5-19-6-11-23(30)22(16-19)25(35)32-24(17(2)3)26(36)33-14-12-29(13-15-33)28(39)31-18(4)34(29)21-9-7-20(8-10-21)27(37)38/h6-11,16-18,24H,5,12-15H2,1-4H3,(H,31,39)(H,32,35)(H,37,38). The Bertz CT molecular complexity index is 1270. The summed E-state index contributed by atoms with van der Waals surface area (Å²) in [5.41, 5.74) is 0.714. The number of carbonyl (C=O) groups is 4. The van der Waals surface area contributed by atoms with Gasteiger partial charge in [-0.25, -0.2) is 9.18 Å². The Balaban J connectivity index is 1.50. The van der Waals surface area contributed by atoms with E-state index in [1.165, 1.54) is 24.3 Å². The van der Waals surface area contributed by atoms with Crippen LogP contribution >= 0.6 is 0 Å². The monoisotopic (exact) mass is 538 g/mol. The molecule has 2 atom stereocenters. The number of carbonyl (C=O) groups excluding carboxylic acids is 3. The van der Waals surface area contributed by atoms with Crippen LogP contribution in [0.4, 0.5) is 10.1 Å². The van der Waals surface area contributed by atoms with Gasteiger partial charge in [-0.2, -0.15) is 0 Å². The molecule has 2 heterocycles. The molecule has 3 N–H and O–H groups in total. The highest BCUT2D eigenvalue weighted by Gasteiger charge is 2.54. The number of carboxylic acid groups (broad SMARTS) is 1. The molecule has 1 spiro atoms. The van der Waals surface area contributed by atoms with Gasteiger partial charge in [0.15, 0.2) is 0 Å². The van der Waals surface area contributed by atoms with E-state index < -0.39 is 29.3 Å². The lowest BCUT2D eigenvalue weighted by atomic mass is 9.85. The van der Waals surface area contributed by atoms with Gasteiger partial charge in [-0.3, -0.25) is 14.4 Å². The Kier molecular flexibility index (Phi) is 7.94. The minimum absolute atomic E-state index is 0.0911. The number of nitrogens with one attached hydrogen (secondary N) is 2. The summed E-state index contributed by atoms with van der Waals surface area (Å²) in [5.74, 6) is -2.96. The van der Waals surface area contributed by atoms with Crippen LogP contribution in [0.25, 0.3) is 0 Å². The summed E-state index contributed by atoms with van der Waals surface area (Å²) in [6.45, 7) is 8.01. The highest BCUT2D eigenvalue weighted by molar-refractivity contribution is 5.98. The summed E-state index contributed by atoms with van der Waals surface area (Å²) in [6.07, 6.45) is 1.06. The first-order valence-corrected chi connectivity index (χ1v) is 13.3. The van der Waals surface area contributed by atoms with Crippen LogP contribution in [0.2, 0.25) is 0 Å². The lowest BCUT2D eigenvalue weighted by molar-refractivity contribution is -0.138. The largest absolute Gasteiger partial charge is 0.478 e. The van der Waals surface area contributed by atoms with Gasteiger partial charge in [-0.05, 0) is 74.1 Å². The van der Waals surface area contributed by atoms with E-state index in [2.05, 4.69) is 10.6 Å². The Hall–Kier alpha value is -3.95. The van der Waals surface area contributed by atoms with Gasteiger partial charge < -0.3 is 25.5 Å². The number of aromatic carboxylic acids is 1. The summed E-state index contributed by atoms with van der Waals surface area (Å²) in [4.78, 5) is 54.6. The van der Waals surface area contributed by atoms with Gasteiger partial charge >= 0.3 is 5.97 Å². The molecule has 2 aromatic carbocycles. The highest BCUT2D eigenvalue weighted by atomic mass is 19.1. The number of likely N-dealkylation sites (tertiary alicyclic amines) is 1. The Morgan fingerprint density at radius 3 is 2.33 bits per heavy atom. The number of anilines is 1. The molecule has 0 aromatic heterocycles. The van der Waals surface area contributed by atoms with Crippen molar-refractivity contribution in [3.63, 3.8) is 0 Å². The number of hydrogen-bond acceptors (Lipinski definition) is 5. The van der Waals surface area contributed by atoms with Crippen molar-refractivity contribution < 1.29 is 28.7 Å². The third-order valence-electron chi connectivity index (χ3n) is 7.81. The Morgan fingerprint density at radius 2 is 1.77 bits per heavy atom. The van der Waals surface area contributed by atoms with E-state index in [0.717, 1.165) is 5.56 Å². The fourth-order valence-electron chi connectivity index (χ4n) is 5.56. The molecule has 0 radical (unpaired) electrons. The highest BCUT2D eigenvalue weighted by Crippen LogP contribution is 2.39. The maximum atomic E-state index is 14.4. The molecule has 2 aliphatic heterocycles. The van der Waals surface area contributed by atoms with Gasteiger partial charge in [0.25, 0.3) is 5.91 Å². The van der Waals surface area contributed by atoms with E-state index in [0.29, 0.717) is 38.0 Å². The first-order valence-electron chi connectivity index (χ1n) is 13.3. The molecule has 3 amide bonds. The third-order valence-corrected chi connectivity index (χ3v) is 7.81. The SMILES string of the molecule is CCc1ccc(F)c(C(=O)NC(C(=O)N2CCC3(CC2)C(=O)NC(C)N3c2ccc(C(=O)O)cc2)C(C)C)c1. The van der Waals surface area contributed by atoms with E-state index in [1.807, 2.05) is 32.6 Å². The average molecular weight is 539 g/mol. The molecule has 208 valence electrons. The van der Waals surface area contributed by atoms with Gasteiger partial charge in [0.1, 0.15) is 17.4 Å². The summed E-state index contributed by atoms with van der Waals surface area (Å²) < 4.78 is 14.4. The van der Waals surface area contributed by atoms with Crippen molar-refractivity contribution in [1.29, 1.82) is 0 Å². The number of carboxylic acids is 1. The van der Waals surface area contributed by atoms with Crippen LogP contribution in [0, 0.1) is 11.7 Å². The molecule has 2 fully saturated rings. The number of halogens is 1. The second-order valence-corrected chi connectivity index (χ2v) is 10.6. The molecular formula is C29H35FN4O5. The quantitative estimate of drug-likeness (QED) is 0.498.